The SMILES string of the molecule is CNCc1ccc(COCC2CCCCO2)s1. The van der Waals surface area contributed by atoms with Gasteiger partial charge < -0.3 is 14.8 Å². The molecule has 3 nitrogen and oxygen atoms in total. The van der Waals surface area contributed by atoms with Gasteiger partial charge in [0.25, 0.3) is 0 Å². The van der Waals surface area contributed by atoms with Gasteiger partial charge in [-0.15, -0.1) is 11.3 Å². The molecule has 2 heterocycles. The molecule has 0 amide bonds. The summed E-state index contributed by atoms with van der Waals surface area (Å²) in [5.41, 5.74) is 0. The highest BCUT2D eigenvalue weighted by atomic mass is 32.1. The van der Waals surface area contributed by atoms with Gasteiger partial charge in [-0.25, -0.2) is 0 Å². The Labute approximate surface area is 107 Å². The third kappa shape index (κ3) is 4.39. The van der Waals surface area contributed by atoms with E-state index in [0.717, 1.165) is 26.2 Å². The second-order valence-electron chi connectivity index (χ2n) is 4.40. The van der Waals surface area contributed by atoms with Gasteiger partial charge in [0.1, 0.15) is 0 Å². The lowest BCUT2D eigenvalue weighted by Gasteiger charge is -2.22. The van der Waals surface area contributed by atoms with Crippen LogP contribution in [-0.2, 0) is 22.6 Å². The maximum atomic E-state index is 5.72. The summed E-state index contributed by atoms with van der Waals surface area (Å²) in [6.07, 6.45) is 3.95. The molecule has 0 aliphatic carbocycles. The Kier molecular flexibility index (Phi) is 5.45. The van der Waals surface area contributed by atoms with Crippen molar-refractivity contribution in [2.24, 2.45) is 0 Å². The van der Waals surface area contributed by atoms with Crippen LogP contribution in [-0.4, -0.2) is 26.4 Å². The van der Waals surface area contributed by atoms with Crippen molar-refractivity contribution in [3.05, 3.63) is 21.9 Å². The van der Waals surface area contributed by atoms with E-state index in [1.807, 2.05) is 18.4 Å². The summed E-state index contributed by atoms with van der Waals surface area (Å²) in [6.45, 7) is 3.29. The molecule has 0 bridgehead atoms. The fourth-order valence-corrected chi connectivity index (χ4v) is 2.97. The maximum Gasteiger partial charge on any atom is 0.0810 e. The number of nitrogens with one attached hydrogen (secondary N) is 1. The molecule has 96 valence electrons. The molecule has 1 aliphatic rings. The van der Waals surface area contributed by atoms with Gasteiger partial charge in [-0.1, -0.05) is 0 Å². The predicted molar refractivity (Wildman–Crippen MR) is 70.3 cm³/mol. The van der Waals surface area contributed by atoms with Crippen LogP contribution < -0.4 is 5.32 Å². The number of hydrogen-bond donors (Lipinski definition) is 1. The van der Waals surface area contributed by atoms with Crippen molar-refractivity contribution in [3.63, 3.8) is 0 Å². The molecule has 1 fully saturated rings. The normalized spacial score (nSPS) is 20.6. The maximum absolute atomic E-state index is 5.72. The molecule has 1 aliphatic heterocycles. The highest BCUT2D eigenvalue weighted by Gasteiger charge is 2.13. The highest BCUT2D eigenvalue weighted by molar-refractivity contribution is 7.11. The number of hydrogen-bond acceptors (Lipinski definition) is 4. The molecule has 2 rings (SSSR count). The molecule has 17 heavy (non-hydrogen) atoms. The Morgan fingerprint density at radius 3 is 3.06 bits per heavy atom. The first-order valence-electron chi connectivity index (χ1n) is 6.30. The monoisotopic (exact) mass is 255 g/mol. The zero-order chi connectivity index (χ0) is 11.9. The minimum atomic E-state index is 0.320. The predicted octanol–water partition coefficient (Wildman–Crippen LogP) is 2.55. The minimum absolute atomic E-state index is 0.320. The Hall–Kier alpha value is -0.420. The van der Waals surface area contributed by atoms with Crippen molar-refractivity contribution in [2.45, 2.75) is 38.5 Å². The quantitative estimate of drug-likeness (QED) is 0.847. The zero-order valence-corrected chi connectivity index (χ0v) is 11.2. The van der Waals surface area contributed by atoms with Crippen LogP contribution in [0, 0.1) is 0 Å². The molecule has 0 radical (unpaired) electrons. The first-order valence-corrected chi connectivity index (χ1v) is 7.11. The summed E-state index contributed by atoms with van der Waals surface area (Å²) in [7, 11) is 1.97. The minimum Gasteiger partial charge on any atom is -0.376 e. The van der Waals surface area contributed by atoms with Gasteiger partial charge in [0.2, 0.25) is 0 Å². The van der Waals surface area contributed by atoms with Crippen molar-refractivity contribution in [1.82, 2.24) is 5.32 Å². The average molecular weight is 255 g/mol. The van der Waals surface area contributed by atoms with Crippen LogP contribution in [0.2, 0.25) is 0 Å². The van der Waals surface area contributed by atoms with E-state index in [2.05, 4.69) is 17.4 Å². The van der Waals surface area contributed by atoms with Gasteiger partial charge >= 0.3 is 0 Å². The first-order chi connectivity index (χ1) is 8.38. The molecule has 1 saturated heterocycles. The Morgan fingerprint density at radius 2 is 2.29 bits per heavy atom. The van der Waals surface area contributed by atoms with Crippen LogP contribution in [0.3, 0.4) is 0 Å². The van der Waals surface area contributed by atoms with Gasteiger partial charge in [-0.05, 0) is 38.4 Å². The van der Waals surface area contributed by atoms with Crippen molar-refractivity contribution < 1.29 is 9.47 Å². The largest absolute Gasteiger partial charge is 0.376 e. The van der Waals surface area contributed by atoms with Crippen LogP contribution in [0.4, 0.5) is 0 Å². The van der Waals surface area contributed by atoms with Gasteiger partial charge in [0.05, 0.1) is 19.3 Å². The second kappa shape index (κ2) is 7.11. The molecule has 1 aromatic heterocycles. The molecule has 1 atom stereocenters. The van der Waals surface area contributed by atoms with Crippen LogP contribution >= 0.6 is 11.3 Å². The van der Waals surface area contributed by atoms with Gasteiger partial charge in [-0.2, -0.15) is 0 Å². The summed E-state index contributed by atoms with van der Waals surface area (Å²) in [5, 5.41) is 3.15. The summed E-state index contributed by atoms with van der Waals surface area (Å²) in [6, 6.07) is 4.32. The lowest BCUT2D eigenvalue weighted by atomic mass is 10.1. The molecular formula is C13H21NO2S. The number of thiophene rings is 1. The molecular weight excluding hydrogens is 234 g/mol. The molecule has 1 unspecified atom stereocenters. The Balaban J connectivity index is 1.66. The molecule has 0 saturated carbocycles. The molecule has 0 aromatic carbocycles. The molecule has 1 N–H and O–H groups in total. The van der Waals surface area contributed by atoms with Crippen molar-refractivity contribution in [3.8, 4) is 0 Å². The van der Waals surface area contributed by atoms with E-state index in [1.54, 1.807) is 0 Å². The number of rotatable bonds is 6. The van der Waals surface area contributed by atoms with E-state index in [-0.39, 0.29) is 0 Å². The van der Waals surface area contributed by atoms with Gasteiger partial charge in [0.15, 0.2) is 0 Å². The third-order valence-electron chi connectivity index (χ3n) is 2.89. The Bertz CT molecular complexity index is 321. The Morgan fingerprint density at radius 1 is 1.41 bits per heavy atom. The van der Waals surface area contributed by atoms with E-state index in [4.69, 9.17) is 9.47 Å². The fourth-order valence-electron chi connectivity index (χ4n) is 2.00. The summed E-state index contributed by atoms with van der Waals surface area (Å²) in [5.74, 6) is 0. The lowest BCUT2D eigenvalue weighted by molar-refractivity contribution is -0.0443. The zero-order valence-electron chi connectivity index (χ0n) is 10.4. The number of ether oxygens (including phenoxy) is 2. The fraction of sp³-hybridized carbons (Fsp3) is 0.692. The van der Waals surface area contributed by atoms with E-state index in [1.165, 1.54) is 22.6 Å². The summed E-state index contributed by atoms with van der Waals surface area (Å²) < 4.78 is 11.3. The van der Waals surface area contributed by atoms with Crippen LogP contribution in [0.5, 0.6) is 0 Å². The highest BCUT2D eigenvalue weighted by Crippen LogP contribution is 2.18. The van der Waals surface area contributed by atoms with E-state index < -0.39 is 0 Å². The van der Waals surface area contributed by atoms with Crippen LogP contribution in [0.15, 0.2) is 12.1 Å². The lowest BCUT2D eigenvalue weighted by Crippen LogP contribution is -2.24. The molecule has 4 heteroatoms. The van der Waals surface area contributed by atoms with Gasteiger partial charge in [-0.3, -0.25) is 0 Å². The standard InChI is InChI=1S/C13H21NO2S/c1-14-8-12-5-6-13(17-12)10-15-9-11-4-2-3-7-16-11/h5-6,11,14H,2-4,7-10H2,1H3. The molecule has 1 aromatic rings. The first kappa shape index (κ1) is 13.0. The van der Waals surface area contributed by atoms with Gasteiger partial charge in [0, 0.05) is 22.9 Å². The smallest absolute Gasteiger partial charge is 0.0810 e. The molecule has 0 spiro atoms. The van der Waals surface area contributed by atoms with E-state index in [9.17, 15) is 0 Å². The van der Waals surface area contributed by atoms with Crippen molar-refractivity contribution >= 4 is 11.3 Å². The van der Waals surface area contributed by atoms with Crippen molar-refractivity contribution in [2.75, 3.05) is 20.3 Å². The topological polar surface area (TPSA) is 30.5 Å². The van der Waals surface area contributed by atoms with E-state index in [0.29, 0.717) is 12.7 Å². The summed E-state index contributed by atoms with van der Waals surface area (Å²) >= 11 is 1.82. The second-order valence-corrected chi connectivity index (χ2v) is 5.65. The van der Waals surface area contributed by atoms with Crippen LogP contribution in [0.25, 0.3) is 0 Å². The average Bonchev–Trinajstić information content (AvgIpc) is 2.79. The summed E-state index contributed by atoms with van der Waals surface area (Å²) in [4.78, 5) is 2.66. The van der Waals surface area contributed by atoms with E-state index >= 15 is 0 Å². The van der Waals surface area contributed by atoms with Crippen molar-refractivity contribution in [1.29, 1.82) is 0 Å². The van der Waals surface area contributed by atoms with Crippen LogP contribution in [0.1, 0.15) is 29.0 Å². The third-order valence-corrected chi connectivity index (χ3v) is 3.95.